The Morgan fingerprint density at radius 2 is 2.00 bits per heavy atom. The van der Waals surface area contributed by atoms with E-state index in [9.17, 15) is 13.6 Å². The second kappa shape index (κ2) is 9.02. The maximum atomic E-state index is 14.9. The highest BCUT2D eigenvalue weighted by Crippen LogP contribution is 2.30. The third kappa shape index (κ3) is 4.52. The number of H-pyrrole nitrogens is 1. The van der Waals surface area contributed by atoms with Crippen LogP contribution in [0.2, 0.25) is 0 Å². The lowest BCUT2D eigenvalue weighted by Gasteiger charge is -2.14. The van der Waals surface area contributed by atoms with E-state index in [0.29, 0.717) is 29.0 Å². The van der Waals surface area contributed by atoms with Gasteiger partial charge in [0.2, 0.25) is 5.95 Å². The monoisotopic (exact) mass is 443 g/mol. The maximum absolute atomic E-state index is 14.9. The number of methoxy groups -OCH3 is 1. The Balaban J connectivity index is 1.57. The Labute approximate surface area is 180 Å². The summed E-state index contributed by atoms with van der Waals surface area (Å²) in [6.45, 7) is 2.21. The van der Waals surface area contributed by atoms with E-state index in [1.54, 1.807) is 31.2 Å². The van der Waals surface area contributed by atoms with Crippen molar-refractivity contribution in [1.82, 2.24) is 15.0 Å². The van der Waals surface area contributed by atoms with Crippen molar-refractivity contribution in [3.63, 3.8) is 0 Å². The molecule has 0 amide bonds. The third-order valence-electron chi connectivity index (χ3n) is 4.50. The van der Waals surface area contributed by atoms with Crippen LogP contribution in [0.1, 0.15) is 5.56 Å². The van der Waals surface area contributed by atoms with E-state index in [1.165, 1.54) is 13.2 Å². The molecule has 0 aliphatic heterocycles. The lowest BCUT2D eigenvalue weighted by Crippen LogP contribution is -2.08. The van der Waals surface area contributed by atoms with Gasteiger partial charge in [0, 0.05) is 12.8 Å². The Morgan fingerprint density at radius 1 is 1.16 bits per heavy atom. The van der Waals surface area contributed by atoms with Crippen LogP contribution in [0.4, 0.5) is 31.9 Å². The standard InChI is InChI=1S/C21H19F2N5O4/c1-11-3-5-14(17(23)18(11)31-8-7-30-2)26-20-24-10-13(22)19(28-20)25-12-4-6-16-15(9-12)27-21(29)32-16/h3-6,9-10H,7-8H2,1-2H3,(H,27,29)(H2,24,25,26,28). The van der Waals surface area contributed by atoms with Gasteiger partial charge in [-0.3, -0.25) is 4.98 Å². The summed E-state index contributed by atoms with van der Waals surface area (Å²) in [5.41, 5.74) is 1.94. The lowest BCUT2D eigenvalue weighted by atomic mass is 10.2. The molecule has 0 radical (unpaired) electrons. The van der Waals surface area contributed by atoms with Gasteiger partial charge in [-0.25, -0.2) is 18.6 Å². The summed E-state index contributed by atoms with van der Waals surface area (Å²) in [5, 5.41) is 5.55. The summed E-state index contributed by atoms with van der Waals surface area (Å²) in [5.74, 6) is -2.03. The Kier molecular flexibility index (Phi) is 5.99. The van der Waals surface area contributed by atoms with E-state index in [-0.39, 0.29) is 29.8 Å². The summed E-state index contributed by atoms with van der Waals surface area (Å²) in [7, 11) is 1.52. The van der Waals surface area contributed by atoms with Gasteiger partial charge in [-0.15, -0.1) is 0 Å². The molecule has 2 aromatic carbocycles. The second-order valence-corrected chi connectivity index (χ2v) is 6.78. The van der Waals surface area contributed by atoms with Crippen LogP contribution in [-0.2, 0) is 4.74 Å². The smallest absolute Gasteiger partial charge is 0.417 e. The quantitative estimate of drug-likeness (QED) is 0.350. The van der Waals surface area contributed by atoms with Crippen LogP contribution in [0, 0.1) is 18.6 Å². The first kappa shape index (κ1) is 21.2. The third-order valence-corrected chi connectivity index (χ3v) is 4.50. The minimum Gasteiger partial charge on any atom is -0.488 e. The largest absolute Gasteiger partial charge is 0.488 e. The lowest BCUT2D eigenvalue weighted by molar-refractivity contribution is 0.143. The number of oxazole rings is 1. The van der Waals surface area contributed by atoms with Gasteiger partial charge in [0.25, 0.3) is 0 Å². The number of hydrogen-bond acceptors (Lipinski definition) is 8. The normalized spacial score (nSPS) is 11.0. The van der Waals surface area contributed by atoms with E-state index < -0.39 is 17.4 Å². The highest BCUT2D eigenvalue weighted by Gasteiger charge is 2.15. The van der Waals surface area contributed by atoms with Gasteiger partial charge in [0.15, 0.2) is 28.8 Å². The van der Waals surface area contributed by atoms with Crippen LogP contribution in [0.3, 0.4) is 0 Å². The number of rotatable bonds is 8. The number of aromatic nitrogens is 3. The fraction of sp³-hybridized carbons (Fsp3) is 0.190. The molecule has 2 aromatic heterocycles. The summed E-state index contributed by atoms with van der Waals surface area (Å²) < 4.78 is 44.5. The first-order valence-corrected chi connectivity index (χ1v) is 9.55. The summed E-state index contributed by atoms with van der Waals surface area (Å²) in [4.78, 5) is 21.8. The number of benzene rings is 2. The Hall–Kier alpha value is -3.99. The molecule has 0 saturated carbocycles. The van der Waals surface area contributed by atoms with Crippen molar-refractivity contribution >= 4 is 34.2 Å². The van der Waals surface area contributed by atoms with Crippen molar-refractivity contribution in [2.75, 3.05) is 31.0 Å². The highest BCUT2D eigenvalue weighted by molar-refractivity contribution is 5.78. The number of halogens is 2. The fourth-order valence-electron chi connectivity index (χ4n) is 2.96. The molecule has 32 heavy (non-hydrogen) atoms. The van der Waals surface area contributed by atoms with Crippen LogP contribution in [0.15, 0.2) is 45.7 Å². The van der Waals surface area contributed by atoms with E-state index in [4.69, 9.17) is 13.9 Å². The van der Waals surface area contributed by atoms with Gasteiger partial charge in [-0.2, -0.15) is 4.98 Å². The van der Waals surface area contributed by atoms with Gasteiger partial charge in [0.05, 0.1) is 24.0 Å². The first-order chi connectivity index (χ1) is 15.4. The average Bonchev–Trinajstić information content (AvgIpc) is 3.14. The van der Waals surface area contributed by atoms with Crippen LogP contribution < -0.4 is 21.1 Å². The van der Waals surface area contributed by atoms with E-state index >= 15 is 0 Å². The zero-order valence-corrected chi connectivity index (χ0v) is 17.2. The molecule has 0 atom stereocenters. The molecule has 2 heterocycles. The van der Waals surface area contributed by atoms with Gasteiger partial charge < -0.3 is 24.5 Å². The molecule has 4 aromatic rings. The van der Waals surface area contributed by atoms with Crippen molar-refractivity contribution in [2.24, 2.45) is 0 Å². The van der Waals surface area contributed by atoms with Gasteiger partial charge in [-0.1, -0.05) is 6.07 Å². The molecule has 0 unspecified atom stereocenters. The Morgan fingerprint density at radius 3 is 2.81 bits per heavy atom. The molecule has 0 fully saturated rings. The predicted molar refractivity (Wildman–Crippen MR) is 114 cm³/mol. The zero-order chi connectivity index (χ0) is 22.7. The molecule has 9 nitrogen and oxygen atoms in total. The van der Waals surface area contributed by atoms with Crippen molar-refractivity contribution in [2.45, 2.75) is 6.92 Å². The molecule has 166 valence electrons. The SMILES string of the molecule is COCCOc1c(C)ccc(Nc2ncc(F)c(Nc3ccc4oc(=O)[nH]c4c3)n2)c1F. The van der Waals surface area contributed by atoms with E-state index in [1.807, 2.05) is 0 Å². The molecule has 0 bridgehead atoms. The number of ether oxygens (including phenoxy) is 2. The second-order valence-electron chi connectivity index (χ2n) is 6.78. The van der Waals surface area contributed by atoms with Gasteiger partial charge in [0.1, 0.15) is 6.61 Å². The maximum Gasteiger partial charge on any atom is 0.417 e. The highest BCUT2D eigenvalue weighted by atomic mass is 19.1. The molecule has 4 rings (SSSR count). The number of aromatic amines is 1. The molecule has 0 aliphatic carbocycles. The molecule has 0 spiro atoms. The molecule has 0 saturated heterocycles. The van der Waals surface area contributed by atoms with Crippen LogP contribution in [0.25, 0.3) is 11.1 Å². The van der Waals surface area contributed by atoms with Crippen LogP contribution in [0.5, 0.6) is 5.75 Å². The summed E-state index contributed by atoms with van der Waals surface area (Å²) in [6, 6.07) is 7.91. The van der Waals surface area contributed by atoms with Crippen molar-refractivity contribution in [1.29, 1.82) is 0 Å². The molecule has 0 aliphatic rings. The molecular weight excluding hydrogens is 424 g/mol. The molecule has 11 heteroatoms. The number of anilines is 4. The van der Waals surface area contributed by atoms with E-state index in [2.05, 4.69) is 25.6 Å². The van der Waals surface area contributed by atoms with Crippen molar-refractivity contribution < 1.29 is 22.7 Å². The number of fused-ring (bicyclic) bond motifs is 1. The molecular formula is C21H19F2N5O4. The topological polar surface area (TPSA) is 114 Å². The minimum atomic E-state index is -0.718. The summed E-state index contributed by atoms with van der Waals surface area (Å²) in [6.07, 6.45) is 0.956. The van der Waals surface area contributed by atoms with Crippen molar-refractivity contribution in [3.8, 4) is 5.75 Å². The predicted octanol–water partition coefficient (Wildman–Crippen LogP) is 4.01. The number of hydrogen-bond donors (Lipinski definition) is 3. The Bertz CT molecular complexity index is 1320. The average molecular weight is 443 g/mol. The van der Waals surface area contributed by atoms with Gasteiger partial charge >= 0.3 is 5.76 Å². The number of nitrogens with one attached hydrogen (secondary N) is 3. The van der Waals surface area contributed by atoms with Crippen molar-refractivity contribution in [3.05, 3.63) is 64.3 Å². The van der Waals surface area contributed by atoms with Gasteiger partial charge in [-0.05, 0) is 36.8 Å². The number of nitrogens with zero attached hydrogens (tertiary/aromatic N) is 2. The zero-order valence-electron chi connectivity index (χ0n) is 17.2. The van der Waals surface area contributed by atoms with E-state index in [0.717, 1.165) is 6.20 Å². The fourth-order valence-corrected chi connectivity index (χ4v) is 2.96. The first-order valence-electron chi connectivity index (χ1n) is 9.55. The van der Waals surface area contributed by atoms with Crippen LogP contribution in [-0.4, -0.2) is 35.3 Å². The summed E-state index contributed by atoms with van der Waals surface area (Å²) >= 11 is 0. The molecule has 3 N–H and O–H groups in total. The number of aryl methyl sites for hydroxylation is 1. The minimum absolute atomic E-state index is 0.0303. The van der Waals surface area contributed by atoms with Crippen LogP contribution >= 0.6 is 0 Å².